The maximum Gasteiger partial charge on any atom is 0.226 e. The second kappa shape index (κ2) is 6.28. The Morgan fingerprint density at radius 1 is 1.22 bits per heavy atom. The molecule has 4 heterocycles. The van der Waals surface area contributed by atoms with Gasteiger partial charge in [0.15, 0.2) is 11.6 Å². The van der Waals surface area contributed by atoms with Crippen LogP contribution in [-0.4, -0.2) is 25.9 Å². The van der Waals surface area contributed by atoms with Crippen molar-refractivity contribution >= 4 is 11.7 Å². The van der Waals surface area contributed by atoms with Crippen molar-refractivity contribution in [2.24, 2.45) is 0 Å². The molecule has 1 aliphatic rings. The number of amides is 1. The van der Waals surface area contributed by atoms with Crippen LogP contribution in [0.2, 0.25) is 0 Å². The number of furan rings is 1. The van der Waals surface area contributed by atoms with Gasteiger partial charge in [-0.05, 0) is 29.3 Å². The standard InChI is InChI=1S/C20H17N5O2/c26-17-11-15(14-5-1-4-13(10-14)12-25-8-3-7-21-25)18-19(16-6-2-9-27-16)23-24-20(18)22-17/h1-10,15H,11-12H2,(H2,22,23,24,26)/t15-/m1/s1. The summed E-state index contributed by atoms with van der Waals surface area (Å²) in [5.41, 5.74) is 3.97. The number of carbonyl (C=O) groups is 1. The third-order valence-electron chi connectivity index (χ3n) is 4.82. The largest absolute Gasteiger partial charge is 0.463 e. The van der Waals surface area contributed by atoms with Crippen LogP contribution in [0.3, 0.4) is 0 Å². The van der Waals surface area contributed by atoms with E-state index in [-0.39, 0.29) is 11.8 Å². The van der Waals surface area contributed by atoms with Crippen LogP contribution in [0.1, 0.15) is 29.0 Å². The first-order valence-electron chi connectivity index (χ1n) is 8.76. The molecular formula is C20H17N5O2. The van der Waals surface area contributed by atoms with Crippen molar-refractivity contribution < 1.29 is 9.21 Å². The number of nitrogens with zero attached hydrogens (tertiary/aromatic N) is 3. The van der Waals surface area contributed by atoms with E-state index in [1.165, 1.54) is 0 Å². The lowest BCUT2D eigenvalue weighted by Gasteiger charge is -2.23. The lowest BCUT2D eigenvalue weighted by Crippen LogP contribution is -2.23. The predicted octanol–water partition coefficient (Wildman–Crippen LogP) is 3.39. The topological polar surface area (TPSA) is 88.7 Å². The summed E-state index contributed by atoms with van der Waals surface area (Å²) >= 11 is 0. The van der Waals surface area contributed by atoms with Crippen LogP contribution in [0, 0.1) is 0 Å². The van der Waals surface area contributed by atoms with Gasteiger partial charge in [-0.15, -0.1) is 0 Å². The lowest BCUT2D eigenvalue weighted by molar-refractivity contribution is -0.116. The molecular weight excluding hydrogens is 342 g/mol. The highest BCUT2D eigenvalue weighted by atomic mass is 16.3. The van der Waals surface area contributed by atoms with E-state index in [1.54, 1.807) is 12.5 Å². The number of benzene rings is 1. The highest BCUT2D eigenvalue weighted by Crippen LogP contribution is 2.41. The van der Waals surface area contributed by atoms with E-state index >= 15 is 0 Å². The Kier molecular flexibility index (Phi) is 3.64. The fraction of sp³-hybridized carbons (Fsp3) is 0.150. The van der Waals surface area contributed by atoms with E-state index in [4.69, 9.17) is 4.42 Å². The van der Waals surface area contributed by atoms with E-state index in [0.29, 0.717) is 24.5 Å². The zero-order valence-electron chi connectivity index (χ0n) is 14.4. The molecule has 1 amide bonds. The molecule has 4 aromatic rings. The van der Waals surface area contributed by atoms with E-state index < -0.39 is 0 Å². The van der Waals surface area contributed by atoms with Crippen molar-refractivity contribution in [1.29, 1.82) is 0 Å². The molecule has 7 heteroatoms. The molecule has 0 radical (unpaired) electrons. The van der Waals surface area contributed by atoms with Crippen LogP contribution in [0.5, 0.6) is 0 Å². The Balaban J connectivity index is 1.56. The number of nitrogens with one attached hydrogen (secondary N) is 2. The molecule has 5 rings (SSSR count). The number of H-pyrrole nitrogens is 1. The van der Waals surface area contributed by atoms with E-state index in [9.17, 15) is 4.79 Å². The second-order valence-electron chi connectivity index (χ2n) is 6.59. The Morgan fingerprint density at radius 2 is 2.19 bits per heavy atom. The molecule has 2 N–H and O–H groups in total. The number of anilines is 1. The lowest BCUT2D eigenvalue weighted by atomic mass is 9.84. The fourth-order valence-electron chi connectivity index (χ4n) is 3.64. The van der Waals surface area contributed by atoms with E-state index in [1.807, 2.05) is 35.1 Å². The summed E-state index contributed by atoms with van der Waals surface area (Å²) in [4.78, 5) is 12.2. The maximum atomic E-state index is 12.2. The smallest absolute Gasteiger partial charge is 0.226 e. The molecule has 1 atom stereocenters. The van der Waals surface area contributed by atoms with Crippen molar-refractivity contribution in [3.63, 3.8) is 0 Å². The summed E-state index contributed by atoms with van der Waals surface area (Å²) in [7, 11) is 0. The molecule has 1 aliphatic heterocycles. The molecule has 0 spiro atoms. The highest BCUT2D eigenvalue weighted by molar-refractivity contribution is 5.95. The third kappa shape index (κ3) is 2.83. The Morgan fingerprint density at radius 3 is 3.00 bits per heavy atom. The second-order valence-corrected chi connectivity index (χ2v) is 6.59. The maximum absolute atomic E-state index is 12.2. The minimum atomic E-state index is -0.0924. The molecule has 134 valence electrons. The minimum absolute atomic E-state index is 0.0394. The average Bonchev–Trinajstić information content (AvgIpc) is 3.42. The number of aromatic amines is 1. The van der Waals surface area contributed by atoms with Gasteiger partial charge in [0.25, 0.3) is 0 Å². The van der Waals surface area contributed by atoms with Gasteiger partial charge in [-0.1, -0.05) is 24.3 Å². The number of rotatable bonds is 4. The van der Waals surface area contributed by atoms with Crippen LogP contribution in [-0.2, 0) is 11.3 Å². The van der Waals surface area contributed by atoms with Crippen molar-refractivity contribution in [2.45, 2.75) is 18.9 Å². The predicted molar refractivity (Wildman–Crippen MR) is 99.2 cm³/mol. The van der Waals surface area contributed by atoms with Crippen molar-refractivity contribution in [3.8, 4) is 11.5 Å². The Labute approximate surface area is 155 Å². The molecule has 7 nitrogen and oxygen atoms in total. The zero-order chi connectivity index (χ0) is 18.2. The van der Waals surface area contributed by atoms with Gasteiger partial charge in [-0.25, -0.2) is 0 Å². The first-order valence-corrected chi connectivity index (χ1v) is 8.76. The van der Waals surface area contributed by atoms with Crippen molar-refractivity contribution in [3.05, 3.63) is 77.8 Å². The SMILES string of the molecule is O=C1C[C@H](c2cccc(Cn3cccn3)c2)c2c(n[nH]c2-c2ccco2)N1. The number of hydrogen-bond acceptors (Lipinski definition) is 4. The van der Waals surface area contributed by atoms with Gasteiger partial charge in [-0.3, -0.25) is 14.6 Å². The molecule has 0 aliphatic carbocycles. The quantitative estimate of drug-likeness (QED) is 0.584. The van der Waals surface area contributed by atoms with E-state index in [2.05, 4.69) is 38.8 Å². The molecule has 0 saturated carbocycles. The summed E-state index contributed by atoms with van der Waals surface area (Å²) in [6, 6.07) is 13.9. The van der Waals surface area contributed by atoms with Gasteiger partial charge < -0.3 is 9.73 Å². The van der Waals surface area contributed by atoms with Gasteiger partial charge in [0.05, 0.1) is 12.8 Å². The molecule has 0 fully saturated rings. The van der Waals surface area contributed by atoms with Gasteiger partial charge in [-0.2, -0.15) is 10.2 Å². The van der Waals surface area contributed by atoms with Crippen molar-refractivity contribution in [2.75, 3.05) is 5.32 Å². The number of fused-ring (bicyclic) bond motifs is 1. The molecule has 1 aromatic carbocycles. The average molecular weight is 359 g/mol. The van der Waals surface area contributed by atoms with E-state index in [0.717, 1.165) is 22.4 Å². The van der Waals surface area contributed by atoms with Crippen LogP contribution in [0.15, 0.2) is 65.5 Å². The molecule has 0 saturated heterocycles. The van der Waals surface area contributed by atoms with Crippen LogP contribution in [0.4, 0.5) is 5.82 Å². The van der Waals surface area contributed by atoms with Gasteiger partial charge in [0.2, 0.25) is 5.91 Å². The first-order chi connectivity index (χ1) is 13.3. The highest BCUT2D eigenvalue weighted by Gasteiger charge is 2.32. The first kappa shape index (κ1) is 15.6. The monoisotopic (exact) mass is 359 g/mol. The summed E-state index contributed by atoms with van der Waals surface area (Å²) in [6.45, 7) is 0.684. The normalized spacial score (nSPS) is 16.1. The van der Waals surface area contributed by atoms with Gasteiger partial charge in [0.1, 0.15) is 5.69 Å². The molecule has 0 bridgehead atoms. The summed E-state index contributed by atoms with van der Waals surface area (Å²) in [5, 5.41) is 14.4. The molecule has 0 unspecified atom stereocenters. The fourth-order valence-corrected chi connectivity index (χ4v) is 3.64. The summed E-state index contributed by atoms with van der Waals surface area (Å²) in [5.74, 6) is 1.14. The number of aromatic nitrogens is 4. The summed E-state index contributed by atoms with van der Waals surface area (Å²) in [6.07, 6.45) is 5.70. The van der Waals surface area contributed by atoms with Crippen LogP contribution in [0.25, 0.3) is 11.5 Å². The third-order valence-corrected chi connectivity index (χ3v) is 4.82. The summed E-state index contributed by atoms with van der Waals surface area (Å²) < 4.78 is 7.43. The minimum Gasteiger partial charge on any atom is -0.463 e. The Hall–Kier alpha value is -3.61. The Bertz CT molecular complexity index is 1080. The molecule has 27 heavy (non-hydrogen) atoms. The van der Waals surface area contributed by atoms with Crippen molar-refractivity contribution in [1.82, 2.24) is 20.0 Å². The van der Waals surface area contributed by atoms with Crippen LogP contribution >= 0.6 is 0 Å². The molecule has 3 aromatic heterocycles. The number of hydrogen-bond donors (Lipinski definition) is 2. The number of carbonyl (C=O) groups excluding carboxylic acids is 1. The van der Waals surface area contributed by atoms with Gasteiger partial charge in [0, 0.05) is 30.3 Å². The zero-order valence-corrected chi connectivity index (χ0v) is 14.4. The van der Waals surface area contributed by atoms with Gasteiger partial charge >= 0.3 is 0 Å². The van der Waals surface area contributed by atoms with Crippen LogP contribution < -0.4 is 5.32 Å².